The van der Waals surface area contributed by atoms with Crippen LogP contribution in [0.25, 0.3) is 0 Å². The van der Waals surface area contributed by atoms with E-state index in [1.807, 2.05) is 0 Å². The van der Waals surface area contributed by atoms with Crippen LogP contribution in [-0.4, -0.2) is 11.2 Å². The molecule has 2 heteroatoms. The molecule has 0 radical (unpaired) electrons. The molecule has 1 aliphatic rings. The topological polar surface area (TPSA) is 44.0 Å². The molecule has 1 aliphatic carbocycles. The lowest BCUT2D eigenvalue weighted by molar-refractivity contribution is 0.183. The van der Waals surface area contributed by atoms with Gasteiger partial charge in [-0.2, -0.15) is 0 Å². The number of hydrogen-bond acceptors (Lipinski definition) is 2. The Labute approximate surface area is 49.8 Å². The van der Waals surface area contributed by atoms with Gasteiger partial charge in [0, 0.05) is 6.57 Å². The van der Waals surface area contributed by atoms with E-state index in [1.165, 1.54) is 12.8 Å². The molecule has 46 valence electrons. The zero-order valence-electron chi connectivity index (χ0n) is 4.88. The normalized spacial score (nSPS) is 19.4. The number of nitriles is 1. The lowest BCUT2D eigenvalue weighted by Gasteiger charge is -1.91. The molecule has 0 unspecified atom stereocenters. The highest BCUT2D eigenvalue weighted by Crippen LogP contribution is 2.16. The summed E-state index contributed by atoms with van der Waals surface area (Å²) in [6.07, 6.45) is 4.60. The Morgan fingerprint density at radius 2 is 1.62 bits per heavy atom. The van der Waals surface area contributed by atoms with Crippen LogP contribution < -0.4 is 0 Å². The first-order valence-electron chi connectivity index (χ1n) is 2.83. The van der Waals surface area contributed by atoms with Crippen molar-refractivity contribution >= 4 is 0 Å². The fourth-order valence-corrected chi connectivity index (χ4v) is 0.904. The van der Waals surface area contributed by atoms with Crippen molar-refractivity contribution in [3.05, 3.63) is 0 Å². The summed E-state index contributed by atoms with van der Waals surface area (Å²) in [5, 5.41) is 15.2. The van der Waals surface area contributed by atoms with Crippen LogP contribution in [0.5, 0.6) is 0 Å². The molecule has 0 spiro atoms. The van der Waals surface area contributed by atoms with E-state index in [0.29, 0.717) is 0 Å². The van der Waals surface area contributed by atoms with E-state index < -0.39 is 0 Å². The van der Waals surface area contributed by atoms with Gasteiger partial charge in [-0.05, 0) is 12.8 Å². The lowest BCUT2D eigenvalue weighted by Crippen LogP contribution is -1.94. The van der Waals surface area contributed by atoms with Crippen LogP contribution in [0.3, 0.4) is 0 Å². The summed E-state index contributed by atoms with van der Waals surface area (Å²) in [5.74, 6) is 0. The third-order valence-electron chi connectivity index (χ3n) is 1.32. The van der Waals surface area contributed by atoms with Crippen LogP contribution in [-0.2, 0) is 0 Å². The summed E-state index contributed by atoms with van der Waals surface area (Å²) in [7, 11) is 0. The van der Waals surface area contributed by atoms with Crippen LogP contribution in [0, 0.1) is 11.8 Å². The molecular formula is C6H11NO. The van der Waals surface area contributed by atoms with Crippen molar-refractivity contribution in [2.24, 2.45) is 0 Å². The molecule has 0 heterocycles. The van der Waals surface area contributed by atoms with E-state index in [0.717, 1.165) is 12.8 Å². The molecule has 1 fully saturated rings. The van der Waals surface area contributed by atoms with Crippen LogP contribution >= 0.6 is 0 Å². The first-order chi connectivity index (χ1) is 3.89. The van der Waals surface area contributed by atoms with Crippen LogP contribution in [0.15, 0.2) is 0 Å². The van der Waals surface area contributed by atoms with E-state index in [2.05, 4.69) is 6.57 Å². The Hall–Kier alpha value is -0.550. The van der Waals surface area contributed by atoms with Crippen molar-refractivity contribution in [2.75, 3.05) is 0 Å². The number of rotatable bonds is 0. The van der Waals surface area contributed by atoms with Crippen molar-refractivity contribution in [1.29, 1.82) is 5.26 Å². The first kappa shape index (κ1) is 7.45. The van der Waals surface area contributed by atoms with Crippen molar-refractivity contribution < 1.29 is 5.11 Å². The summed E-state index contributed by atoms with van der Waals surface area (Å²) in [4.78, 5) is 0. The molecule has 1 N–H and O–H groups in total. The van der Waals surface area contributed by atoms with Gasteiger partial charge < -0.3 is 5.11 Å². The first-order valence-corrected chi connectivity index (χ1v) is 2.83. The molecule has 0 aromatic heterocycles. The maximum Gasteiger partial charge on any atom is 0.0540 e. The average Bonchev–Trinajstić information content (AvgIpc) is 2.24. The molecule has 8 heavy (non-hydrogen) atoms. The molecule has 0 atom stereocenters. The van der Waals surface area contributed by atoms with Gasteiger partial charge in [0.1, 0.15) is 0 Å². The van der Waals surface area contributed by atoms with E-state index in [-0.39, 0.29) is 6.10 Å². The summed E-state index contributed by atoms with van der Waals surface area (Å²) >= 11 is 0. The molecule has 0 saturated heterocycles. The molecule has 0 bridgehead atoms. The van der Waals surface area contributed by atoms with E-state index >= 15 is 0 Å². The fraction of sp³-hybridized carbons (Fsp3) is 0.833. The predicted octanol–water partition coefficient (Wildman–Crippen LogP) is 1.06. The predicted molar refractivity (Wildman–Crippen MR) is 31.1 cm³/mol. The Balaban J connectivity index is 0.000000222. The second-order valence-corrected chi connectivity index (χ2v) is 1.94. The minimum Gasteiger partial charge on any atom is -0.393 e. The summed E-state index contributed by atoms with van der Waals surface area (Å²) in [5.41, 5.74) is 0. The number of nitrogens with zero attached hydrogens (tertiary/aromatic N) is 1. The molecule has 0 aromatic rings. The summed E-state index contributed by atoms with van der Waals surface area (Å²) in [6.45, 7) is 3.50. The maximum atomic E-state index is 8.73. The fourth-order valence-electron chi connectivity index (χ4n) is 0.904. The minimum atomic E-state index is 0.0463. The molecular weight excluding hydrogens is 102 g/mol. The van der Waals surface area contributed by atoms with Crippen molar-refractivity contribution in [3.63, 3.8) is 0 Å². The van der Waals surface area contributed by atoms with Crippen LogP contribution in [0.4, 0.5) is 0 Å². The second-order valence-electron chi connectivity index (χ2n) is 1.94. The van der Waals surface area contributed by atoms with Gasteiger partial charge in [-0.1, -0.05) is 12.8 Å². The molecule has 1 rings (SSSR count). The van der Waals surface area contributed by atoms with Gasteiger partial charge >= 0.3 is 0 Å². The summed E-state index contributed by atoms with van der Waals surface area (Å²) < 4.78 is 0. The van der Waals surface area contributed by atoms with Crippen molar-refractivity contribution in [3.8, 4) is 6.57 Å². The van der Waals surface area contributed by atoms with Gasteiger partial charge in [0.25, 0.3) is 0 Å². The Morgan fingerprint density at radius 3 is 1.75 bits per heavy atom. The van der Waals surface area contributed by atoms with Gasteiger partial charge in [-0.25, -0.2) is 5.26 Å². The van der Waals surface area contributed by atoms with Crippen molar-refractivity contribution in [2.45, 2.75) is 31.8 Å². The highest BCUT2D eigenvalue weighted by molar-refractivity contribution is 4.63. The quantitative estimate of drug-likeness (QED) is 0.510. The van der Waals surface area contributed by atoms with Crippen LogP contribution in [0.2, 0.25) is 0 Å². The zero-order valence-corrected chi connectivity index (χ0v) is 4.88. The van der Waals surface area contributed by atoms with Gasteiger partial charge in [-0.3, -0.25) is 0 Å². The largest absolute Gasteiger partial charge is 0.393 e. The van der Waals surface area contributed by atoms with E-state index in [9.17, 15) is 0 Å². The highest BCUT2D eigenvalue weighted by Gasteiger charge is 2.09. The lowest BCUT2D eigenvalue weighted by atomic mass is 10.3. The van der Waals surface area contributed by atoms with Gasteiger partial charge in [0.15, 0.2) is 0 Å². The second kappa shape index (κ2) is 4.61. The van der Waals surface area contributed by atoms with E-state index in [1.54, 1.807) is 0 Å². The standard InChI is InChI=1S/C5H10O.CHN/c6-5-3-1-2-4-5;1-2/h5-6H,1-4H2;1H. The third-order valence-corrected chi connectivity index (χ3v) is 1.32. The minimum absolute atomic E-state index is 0.0463. The van der Waals surface area contributed by atoms with E-state index in [4.69, 9.17) is 10.4 Å². The van der Waals surface area contributed by atoms with Crippen LogP contribution in [0.1, 0.15) is 25.7 Å². The molecule has 0 amide bonds. The number of aliphatic hydroxyl groups excluding tert-OH is 1. The van der Waals surface area contributed by atoms with Crippen molar-refractivity contribution in [1.82, 2.24) is 0 Å². The van der Waals surface area contributed by atoms with Gasteiger partial charge in [0.05, 0.1) is 6.10 Å². The monoisotopic (exact) mass is 113 g/mol. The number of aliphatic hydroxyl groups is 1. The Morgan fingerprint density at radius 1 is 1.25 bits per heavy atom. The number of hydrogen-bond donors (Lipinski definition) is 1. The Bertz CT molecular complexity index is 64.2. The summed E-state index contributed by atoms with van der Waals surface area (Å²) in [6, 6.07) is 0. The van der Waals surface area contributed by atoms with Gasteiger partial charge in [0.2, 0.25) is 0 Å². The SMILES string of the molecule is C#N.OC1CCCC1. The maximum absolute atomic E-state index is 8.73. The molecule has 2 nitrogen and oxygen atoms in total. The Kier molecular flexibility index (Phi) is 4.29. The molecule has 0 aliphatic heterocycles. The molecule has 0 aromatic carbocycles. The van der Waals surface area contributed by atoms with Gasteiger partial charge in [-0.15, -0.1) is 0 Å². The smallest absolute Gasteiger partial charge is 0.0540 e. The zero-order chi connectivity index (χ0) is 6.41. The molecule has 1 saturated carbocycles. The highest BCUT2D eigenvalue weighted by atomic mass is 16.3. The average molecular weight is 113 g/mol. The third kappa shape index (κ3) is 2.59.